The molecule has 0 aromatic heterocycles. The topological polar surface area (TPSA) is 398 Å². The van der Waals surface area contributed by atoms with Crippen LogP contribution in [-0.4, -0.2) is 285 Å². The van der Waals surface area contributed by atoms with E-state index in [1.54, 1.807) is 0 Å². The molecule has 0 aromatic carbocycles. The molecule has 0 atom stereocenters. The number of carbonyl (C=O) groups is 10. The van der Waals surface area contributed by atoms with Gasteiger partial charge in [0.1, 0.15) is 0 Å². The van der Waals surface area contributed by atoms with E-state index in [2.05, 4.69) is 0 Å². The fourth-order valence-corrected chi connectivity index (χ4v) is 4.42. The third-order valence-electron chi connectivity index (χ3n) is 6.51. The van der Waals surface area contributed by atoms with Crippen LogP contribution in [-0.2, 0) is 47.9 Å². The minimum atomic E-state index is -1.44. The first-order valence-corrected chi connectivity index (χ1v) is 15.5. The van der Waals surface area contributed by atoms with Crippen LogP contribution in [0, 0.1) is 0 Å². The predicted molar refractivity (Wildman–Crippen MR) is 175 cm³/mol. The summed E-state index contributed by atoms with van der Waals surface area (Å²) in [5.41, 5.74) is 0. The Morgan fingerprint density at radius 3 is 0.509 bits per heavy atom. The molecular weight excluding hydrogens is 780 g/mol. The van der Waals surface area contributed by atoms with Gasteiger partial charge in [-0.2, -0.15) is 0 Å². The minimum Gasteiger partial charge on any atom is -0.549 e. The summed E-state index contributed by atoms with van der Waals surface area (Å²) < 4.78 is 0. The Labute approximate surface area is 342 Å². The van der Waals surface area contributed by atoms with Crippen LogP contribution in [0.1, 0.15) is 0 Å². The van der Waals surface area contributed by atoms with E-state index in [0.717, 1.165) is 19.6 Å². The van der Waals surface area contributed by atoms with Crippen LogP contribution < -0.4 is 10.2 Å². The Morgan fingerprint density at radius 2 is 0.400 bits per heavy atom. The van der Waals surface area contributed by atoms with Crippen molar-refractivity contribution in [3.63, 3.8) is 0 Å². The molecule has 0 bridgehead atoms. The third kappa shape index (κ3) is 36.5. The van der Waals surface area contributed by atoms with Crippen LogP contribution in [0.5, 0.6) is 0 Å². The van der Waals surface area contributed by atoms with E-state index in [1.807, 2.05) is 0 Å². The summed E-state index contributed by atoms with van der Waals surface area (Å²) in [6.07, 6.45) is 0. The fraction of sp³-hybridized carbons (Fsp3) is 0.643. The number of carboxylic acids is 10. The number of carbonyl (C=O) groups excluding carboxylic acids is 2. The standard InChI is InChI=1S/2C14H23N3O10.Ca/c2*18-10(19)5-15(1-3-16(6-11(20)21)7-12(22)23)2-4-17(8-13(24)25)9-14(26)27;/h2*1-9H2,(H,18,19)(H,20,21)(H,22,23)(H,24,25)(H,26,27);/q;;+2/p-2. The number of hydrogen-bond acceptors (Lipinski definition) is 18. The molecule has 0 saturated carbocycles. The molecule has 27 heteroatoms. The number of hydrogen-bond donors (Lipinski definition) is 8. The minimum absolute atomic E-state index is 0. The molecule has 0 spiro atoms. The summed E-state index contributed by atoms with van der Waals surface area (Å²) in [5, 5.41) is 92.0. The summed E-state index contributed by atoms with van der Waals surface area (Å²) >= 11 is 0. The van der Waals surface area contributed by atoms with Crippen LogP contribution in [0.4, 0.5) is 0 Å². The molecule has 0 aliphatic carbocycles. The van der Waals surface area contributed by atoms with Gasteiger partial charge in [-0.3, -0.25) is 67.8 Å². The van der Waals surface area contributed by atoms with E-state index >= 15 is 0 Å². The maximum atomic E-state index is 10.9. The van der Waals surface area contributed by atoms with Gasteiger partial charge in [0.15, 0.2) is 0 Å². The van der Waals surface area contributed by atoms with Gasteiger partial charge < -0.3 is 60.7 Å². The van der Waals surface area contributed by atoms with E-state index in [0.29, 0.717) is 0 Å². The predicted octanol–water partition coefficient (Wildman–Crippen LogP) is -8.42. The van der Waals surface area contributed by atoms with Crippen molar-refractivity contribution in [3.05, 3.63) is 0 Å². The number of aliphatic carboxylic acids is 10. The van der Waals surface area contributed by atoms with Crippen molar-refractivity contribution in [3.8, 4) is 0 Å². The molecule has 0 aliphatic rings. The van der Waals surface area contributed by atoms with Gasteiger partial charge in [0.25, 0.3) is 0 Å². The Kier molecular flexibility index (Phi) is 31.0. The van der Waals surface area contributed by atoms with Crippen molar-refractivity contribution >= 4 is 97.4 Å². The van der Waals surface area contributed by atoms with Crippen molar-refractivity contribution in [2.24, 2.45) is 0 Å². The molecule has 0 heterocycles. The van der Waals surface area contributed by atoms with Gasteiger partial charge in [-0.1, -0.05) is 0 Å². The molecule has 0 unspecified atom stereocenters. The zero-order valence-electron chi connectivity index (χ0n) is 29.6. The zero-order chi connectivity index (χ0) is 42.0. The van der Waals surface area contributed by atoms with Gasteiger partial charge >= 0.3 is 85.5 Å². The van der Waals surface area contributed by atoms with Crippen molar-refractivity contribution < 1.29 is 99.0 Å². The van der Waals surface area contributed by atoms with Crippen molar-refractivity contribution in [2.45, 2.75) is 0 Å². The van der Waals surface area contributed by atoms with E-state index in [-0.39, 0.29) is 90.1 Å². The van der Waals surface area contributed by atoms with Gasteiger partial charge in [-0.15, -0.1) is 0 Å². The van der Waals surface area contributed by atoms with Gasteiger partial charge in [0.2, 0.25) is 0 Å². The molecule has 0 saturated heterocycles. The Hall–Kier alpha value is -4.28. The first-order chi connectivity index (χ1) is 25.0. The van der Waals surface area contributed by atoms with Crippen LogP contribution >= 0.6 is 0 Å². The van der Waals surface area contributed by atoms with E-state index < -0.39 is 125 Å². The van der Waals surface area contributed by atoms with Crippen LogP contribution in [0.25, 0.3) is 0 Å². The number of carboxylic acid groups (broad SMARTS) is 10. The normalized spacial score (nSPS) is 10.9. The summed E-state index contributed by atoms with van der Waals surface area (Å²) in [7, 11) is 0. The summed E-state index contributed by atoms with van der Waals surface area (Å²) in [6, 6.07) is 0. The molecular formula is C28H44CaN6O20. The molecule has 0 aliphatic heterocycles. The largest absolute Gasteiger partial charge is 2.00 e. The maximum absolute atomic E-state index is 10.9. The smallest absolute Gasteiger partial charge is 0.549 e. The Balaban J connectivity index is -0.000000966. The maximum Gasteiger partial charge on any atom is 2.00 e. The van der Waals surface area contributed by atoms with Crippen LogP contribution in [0.15, 0.2) is 0 Å². The van der Waals surface area contributed by atoms with Gasteiger partial charge in [-0.05, 0) is 0 Å². The summed E-state index contributed by atoms with van der Waals surface area (Å²) in [5.74, 6) is -12.9. The quantitative estimate of drug-likeness (QED) is 0.0292. The van der Waals surface area contributed by atoms with Crippen molar-refractivity contribution in [1.29, 1.82) is 0 Å². The second-order valence-corrected chi connectivity index (χ2v) is 11.3. The van der Waals surface area contributed by atoms with E-state index in [9.17, 15) is 58.2 Å². The molecule has 0 amide bonds. The average Bonchev–Trinajstić information content (AvgIpc) is 2.97. The third-order valence-corrected chi connectivity index (χ3v) is 6.51. The van der Waals surface area contributed by atoms with Gasteiger partial charge in [-0.25, -0.2) is 0 Å². The first-order valence-electron chi connectivity index (χ1n) is 15.5. The second kappa shape index (κ2) is 31.0. The summed E-state index contributed by atoms with van der Waals surface area (Å²) in [6.45, 7) is -6.09. The van der Waals surface area contributed by atoms with Crippen molar-refractivity contribution in [2.75, 3.05) is 118 Å². The van der Waals surface area contributed by atoms with Crippen LogP contribution in [0.3, 0.4) is 0 Å². The number of rotatable bonds is 32. The Morgan fingerprint density at radius 1 is 0.273 bits per heavy atom. The molecule has 0 fully saturated rings. The molecule has 0 aromatic rings. The molecule has 0 radical (unpaired) electrons. The van der Waals surface area contributed by atoms with Gasteiger partial charge in [0, 0.05) is 65.4 Å². The molecule has 308 valence electrons. The van der Waals surface area contributed by atoms with Crippen molar-refractivity contribution in [1.82, 2.24) is 29.4 Å². The summed E-state index contributed by atoms with van der Waals surface area (Å²) in [4.78, 5) is 115. The van der Waals surface area contributed by atoms with Crippen LogP contribution in [0.2, 0.25) is 0 Å². The molecule has 0 rings (SSSR count). The average molecular weight is 825 g/mol. The van der Waals surface area contributed by atoms with E-state index in [1.165, 1.54) is 9.80 Å². The zero-order valence-corrected chi connectivity index (χ0v) is 31.8. The monoisotopic (exact) mass is 824 g/mol. The van der Waals surface area contributed by atoms with E-state index in [4.69, 9.17) is 40.9 Å². The molecule has 26 nitrogen and oxygen atoms in total. The second-order valence-electron chi connectivity index (χ2n) is 11.3. The van der Waals surface area contributed by atoms with Gasteiger partial charge in [0.05, 0.1) is 64.3 Å². The SMILES string of the molecule is O=C([O-])CN(CCN(CC(=O)O)CC(=O)O)CCN(CC(=O)O)CC(=O)O.O=C([O-])CN(CCN(CC(=O)O)CC(=O)O)CCN(CC(=O)O)CC(=O)O.[Ca+2]. The first kappa shape index (κ1) is 55.1. The molecule has 55 heavy (non-hydrogen) atoms. The Bertz CT molecular complexity index is 1070. The molecule has 8 N–H and O–H groups in total. The fourth-order valence-electron chi connectivity index (χ4n) is 4.42. The number of nitrogens with zero attached hydrogens (tertiary/aromatic N) is 6.